The third-order valence-electron chi connectivity index (χ3n) is 3.59. The molecule has 0 spiro atoms. The summed E-state index contributed by atoms with van der Waals surface area (Å²) in [5, 5.41) is 3.02. The highest BCUT2D eigenvalue weighted by molar-refractivity contribution is 7.17. The number of thiophene rings is 1. The fraction of sp³-hybridized carbons (Fsp3) is 0.400. The van der Waals surface area contributed by atoms with Gasteiger partial charge >= 0.3 is 0 Å². The molecule has 2 aromatic rings. The lowest BCUT2D eigenvalue weighted by atomic mass is 10.1. The molecule has 2 heterocycles. The van der Waals surface area contributed by atoms with Gasteiger partial charge in [0, 0.05) is 24.3 Å². The van der Waals surface area contributed by atoms with Gasteiger partial charge in [0.15, 0.2) is 0 Å². The Kier molecular flexibility index (Phi) is 4.38. The number of nitrogens with zero attached hydrogens (tertiary/aromatic N) is 1. The van der Waals surface area contributed by atoms with Gasteiger partial charge in [-0.3, -0.25) is 9.69 Å². The van der Waals surface area contributed by atoms with Crippen molar-refractivity contribution in [3.05, 3.63) is 29.1 Å². The number of amides is 1. The lowest BCUT2D eigenvalue weighted by molar-refractivity contribution is 0.0322. The van der Waals surface area contributed by atoms with Gasteiger partial charge in [0.25, 0.3) is 5.91 Å². The number of nitrogens with two attached hydrogens (primary N) is 1. The number of fused-ring (bicyclic) bond motifs is 1. The standard InChI is InChI=1S/C15H18N2O3S/c16-15(18)12-9-11-1-8-21-14(11)10-13(12)20-7-4-17-2-5-19-6-3-17/h1,8-10H,2-7H2,(H2,16,18). The Morgan fingerprint density at radius 2 is 2.19 bits per heavy atom. The number of hydrogen-bond acceptors (Lipinski definition) is 5. The molecule has 1 aromatic carbocycles. The Morgan fingerprint density at radius 3 is 2.95 bits per heavy atom. The van der Waals surface area contributed by atoms with E-state index < -0.39 is 5.91 Å². The summed E-state index contributed by atoms with van der Waals surface area (Å²) in [6.07, 6.45) is 0. The minimum absolute atomic E-state index is 0.447. The van der Waals surface area contributed by atoms with Crippen LogP contribution in [0.2, 0.25) is 0 Å². The van der Waals surface area contributed by atoms with Gasteiger partial charge in [-0.05, 0) is 29.0 Å². The summed E-state index contributed by atoms with van der Waals surface area (Å²) >= 11 is 1.62. The first-order chi connectivity index (χ1) is 10.2. The van der Waals surface area contributed by atoms with Crippen molar-refractivity contribution < 1.29 is 14.3 Å². The molecular weight excluding hydrogens is 288 g/mol. The molecule has 0 atom stereocenters. The molecule has 1 amide bonds. The number of rotatable bonds is 5. The van der Waals surface area contributed by atoms with Crippen LogP contribution in [0, 0.1) is 0 Å². The molecular formula is C15H18N2O3S. The van der Waals surface area contributed by atoms with Crippen LogP contribution in [0.25, 0.3) is 10.1 Å². The Labute approximate surface area is 127 Å². The Bertz CT molecular complexity index is 635. The number of morpholine rings is 1. The van der Waals surface area contributed by atoms with E-state index in [1.54, 1.807) is 17.4 Å². The minimum atomic E-state index is -0.454. The Hall–Kier alpha value is -1.63. The van der Waals surface area contributed by atoms with Crippen molar-refractivity contribution in [3.63, 3.8) is 0 Å². The molecule has 1 fully saturated rings. The molecule has 5 nitrogen and oxygen atoms in total. The molecule has 2 N–H and O–H groups in total. The van der Waals surface area contributed by atoms with E-state index in [-0.39, 0.29) is 0 Å². The summed E-state index contributed by atoms with van der Waals surface area (Å²) in [7, 11) is 0. The number of benzene rings is 1. The van der Waals surface area contributed by atoms with Crippen molar-refractivity contribution in [2.75, 3.05) is 39.5 Å². The zero-order chi connectivity index (χ0) is 14.7. The smallest absolute Gasteiger partial charge is 0.252 e. The highest BCUT2D eigenvalue weighted by Gasteiger charge is 2.14. The predicted molar refractivity (Wildman–Crippen MR) is 83.1 cm³/mol. The maximum absolute atomic E-state index is 11.6. The predicted octanol–water partition coefficient (Wildman–Crippen LogP) is 1.71. The van der Waals surface area contributed by atoms with Crippen LogP contribution in [0.5, 0.6) is 5.75 Å². The summed E-state index contributed by atoms with van der Waals surface area (Å²) in [5.41, 5.74) is 5.89. The zero-order valence-corrected chi connectivity index (χ0v) is 12.5. The number of hydrogen-bond donors (Lipinski definition) is 1. The van der Waals surface area contributed by atoms with Crippen molar-refractivity contribution in [1.29, 1.82) is 0 Å². The molecule has 0 bridgehead atoms. The average molecular weight is 306 g/mol. The van der Waals surface area contributed by atoms with Gasteiger partial charge in [0.2, 0.25) is 0 Å². The maximum atomic E-state index is 11.6. The van der Waals surface area contributed by atoms with Crippen molar-refractivity contribution >= 4 is 27.3 Å². The van der Waals surface area contributed by atoms with Crippen LogP contribution < -0.4 is 10.5 Å². The molecule has 1 saturated heterocycles. The van der Waals surface area contributed by atoms with Crippen molar-refractivity contribution in [2.45, 2.75) is 0 Å². The van der Waals surface area contributed by atoms with Crippen molar-refractivity contribution in [3.8, 4) is 5.75 Å². The molecule has 6 heteroatoms. The van der Waals surface area contributed by atoms with Gasteiger partial charge in [-0.2, -0.15) is 0 Å². The molecule has 0 aliphatic carbocycles. The van der Waals surface area contributed by atoms with Crippen LogP contribution in [-0.2, 0) is 4.74 Å². The average Bonchev–Trinajstić information content (AvgIpc) is 2.94. The van der Waals surface area contributed by atoms with Crippen molar-refractivity contribution in [1.82, 2.24) is 4.90 Å². The van der Waals surface area contributed by atoms with Gasteiger partial charge in [-0.1, -0.05) is 0 Å². The molecule has 0 unspecified atom stereocenters. The number of primary amides is 1. The van der Waals surface area contributed by atoms with E-state index in [9.17, 15) is 4.79 Å². The zero-order valence-electron chi connectivity index (χ0n) is 11.7. The second-order valence-electron chi connectivity index (χ2n) is 4.97. The lowest BCUT2D eigenvalue weighted by Crippen LogP contribution is -2.38. The van der Waals surface area contributed by atoms with Gasteiger partial charge in [0.05, 0.1) is 18.8 Å². The largest absolute Gasteiger partial charge is 0.491 e. The van der Waals surface area contributed by atoms with Crippen LogP contribution in [0.3, 0.4) is 0 Å². The topological polar surface area (TPSA) is 64.8 Å². The third-order valence-corrected chi connectivity index (χ3v) is 4.47. The van der Waals surface area contributed by atoms with Gasteiger partial charge in [-0.25, -0.2) is 0 Å². The Balaban J connectivity index is 1.69. The maximum Gasteiger partial charge on any atom is 0.252 e. The van der Waals surface area contributed by atoms with E-state index >= 15 is 0 Å². The first-order valence-corrected chi connectivity index (χ1v) is 7.86. The molecule has 0 saturated carbocycles. The SMILES string of the molecule is NC(=O)c1cc2ccsc2cc1OCCN1CCOCC1. The van der Waals surface area contributed by atoms with Crippen LogP contribution in [-0.4, -0.2) is 50.3 Å². The summed E-state index contributed by atoms with van der Waals surface area (Å²) < 4.78 is 12.2. The molecule has 3 rings (SSSR count). The van der Waals surface area contributed by atoms with Gasteiger partial charge < -0.3 is 15.2 Å². The second kappa shape index (κ2) is 6.43. The van der Waals surface area contributed by atoms with Crippen molar-refractivity contribution in [2.24, 2.45) is 5.73 Å². The Morgan fingerprint density at radius 1 is 1.38 bits per heavy atom. The molecule has 21 heavy (non-hydrogen) atoms. The van der Waals surface area contributed by atoms with E-state index in [2.05, 4.69) is 4.90 Å². The lowest BCUT2D eigenvalue weighted by Gasteiger charge is -2.26. The fourth-order valence-electron chi connectivity index (χ4n) is 2.41. The third kappa shape index (κ3) is 3.34. The first kappa shape index (κ1) is 14.3. The summed E-state index contributed by atoms with van der Waals surface area (Å²) in [5.74, 6) is 0.121. The number of carbonyl (C=O) groups excluding carboxylic acids is 1. The molecule has 1 aliphatic heterocycles. The van der Waals surface area contributed by atoms with Gasteiger partial charge in [0.1, 0.15) is 12.4 Å². The minimum Gasteiger partial charge on any atom is -0.491 e. The normalized spacial score (nSPS) is 16.2. The summed E-state index contributed by atoms with van der Waals surface area (Å²) in [6, 6.07) is 5.68. The molecule has 112 valence electrons. The van der Waals surface area contributed by atoms with Gasteiger partial charge in [-0.15, -0.1) is 11.3 Å². The molecule has 1 aromatic heterocycles. The van der Waals surface area contributed by atoms with Crippen LogP contribution in [0.15, 0.2) is 23.6 Å². The number of ether oxygens (including phenoxy) is 2. The van der Waals surface area contributed by atoms with E-state index in [1.165, 1.54) is 0 Å². The quantitative estimate of drug-likeness (QED) is 0.913. The monoisotopic (exact) mass is 306 g/mol. The number of carbonyl (C=O) groups is 1. The van der Waals surface area contributed by atoms with E-state index in [0.29, 0.717) is 17.9 Å². The summed E-state index contributed by atoms with van der Waals surface area (Å²) in [4.78, 5) is 13.9. The fourth-order valence-corrected chi connectivity index (χ4v) is 3.21. The first-order valence-electron chi connectivity index (χ1n) is 6.98. The second-order valence-corrected chi connectivity index (χ2v) is 5.92. The van der Waals surface area contributed by atoms with Crippen LogP contribution >= 0.6 is 11.3 Å². The summed E-state index contributed by atoms with van der Waals surface area (Å²) in [6.45, 7) is 4.76. The highest BCUT2D eigenvalue weighted by atomic mass is 32.1. The van der Waals surface area contributed by atoms with E-state index in [1.807, 2.05) is 17.5 Å². The molecule has 0 radical (unpaired) electrons. The van der Waals surface area contributed by atoms with E-state index in [4.69, 9.17) is 15.2 Å². The van der Waals surface area contributed by atoms with Crippen LogP contribution in [0.4, 0.5) is 0 Å². The molecule has 1 aliphatic rings. The van der Waals surface area contributed by atoms with E-state index in [0.717, 1.165) is 42.9 Å². The van der Waals surface area contributed by atoms with Crippen LogP contribution in [0.1, 0.15) is 10.4 Å². The highest BCUT2D eigenvalue weighted by Crippen LogP contribution is 2.29.